The lowest BCUT2D eigenvalue weighted by atomic mass is 9.87. The van der Waals surface area contributed by atoms with Crippen LogP contribution < -0.4 is 0 Å². The average Bonchev–Trinajstić information content (AvgIpc) is 2.88. The Morgan fingerprint density at radius 1 is 0.722 bits per heavy atom. The summed E-state index contributed by atoms with van der Waals surface area (Å²) in [6.45, 7) is 8.74. The summed E-state index contributed by atoms with van der Waals surface area (Å²) < 4.78 is 35.1. The van der Waals surface area contributed by atoms with E-state index in [1.54, 1.807) is 0 Å². The van der Waals surface area contributed by atoms with E-state index < -0.39 is 10.1 Å². The lowest BCUT2D eigenvalue weighted by Gasteiger charge is -2.18. The van der Waals surface area contributed by atoms with Crippen LogP contribution in [0, 0.1) is 0 Å². The Hall–Kier alpha value is -2.15. The van der Waals surface area contributed by atoms with Crippen molar-refractivity contribution >= 4 is 22.7 Å². The first kappa shape index (κ1) is 31.9. The van der Waals surface area contributed by atoms with Crippen molar-refractivity contribution in [3.63, 3.8) is 0 Å². The van der Waals surface area contributed by atoms with Crippen LogP contribution in [-0.4, -0.2) is 14.2 Å². The molecule has 0 bridgehead atoms. The summed E-state index contributed by atoms with van der Waals surface area (Å²) in [5, 5.41) is 0. The Morgan fingerprint density at radius 2 is 1.17 bits per heavy atom. The summed E-state index contributed by atoms with van der Waals surface area (Å²) in [6.07, 6.45) is 5.76. The Labute approximate surface area is 223 Å². The van der Waals surface area contributed by atoms with Crippen LogP contribution in [0.1, 0.15) is 71.8 Å². The number of thiol groups is 1. The fourth-order valence-electron chi connectivity index (χ4n) is 3.31. The van der Waals surface area contributed by atoms with Gasteiger partial charge in [0, 0.05) is 4.90 Å². The molecule has 6 heteroatoms. The molecule has 3 rings (SSSR count). The maximum atomic E-state index is 11.3. The topological polar surface area (TPSA) is 43.4 Å². The summed E-state index contributed by atoms with van der Waals surface area (Å²) in [4.78, 5) is 1.03. The average molecular weight is 533 g/mol. The third-order valence-corrected chi connectivity index (χ3v) is 6.74. The first-order valence-electron chi connectivity index (χ1n) is 12.5. The van der Waals surface area contributed by atoms with Crippen LogP contribution in [0.4, 0.5) is 4.53 Å². The van der Waals surface area contributed by atoms with Crippen molar-refractivity contribution in [3.05, 3.63) is 90.5 Å². The van der Waals surface area contributed by atoms with Gasteiger partial charge in [-0.25, -0.2) is 0 Å². The van der Waals surface area contributed by atoms with E-state index in [9.17, 15) is 12.9 Å². The van der Waals surface area contributed by atoms with Gasteiger partial charge in [0.2, 0.25) is 0 Å². The molecule has 3 nitrogen and oxygen atoms in total. The number of unbranched alkanes of at least 4 members (excludes halogenated alkanes) is 5. The van der Waals surface area contributed by atoms with Crippen LogP contribution in [0.3, 0.4) is 0 Å². The first-order chi connectivity index (χ1) is 17.1. The zero-order valence-corrected chi connectivity index (χ0v) is 23.7. The molecule has 0 unspecified atom stereocenters. The molecule has 3 aromatic rings. The molecule has 0 saturated carbocycles. The van der Waals surface area contributed by atoms with Gasteiger partial charge in [-0.15, -0.1) is 12.6 Å². The highest BCUT2D eigenvalue weighted by molar-refractivity contribution is 7.86. The van der Waals surface area contributed by atoms with Crippen LogP contribution >= 0.6 is 12.6 Å². The number of rotatable bonds is 9. The minimum atomic E-state index is -3.88. The second-order valence-corrected chi connectivity index (χ2v) is 11.8. The summed E-state index contributed by atoms with van der Waals surface area (Å²) in [5.74, 6) is -0.213. The Kier molecular flexibility index (Phi) is 15.3. The maximum Gasteiger partial charge on any atom is 0.297 e. The maximum absolute atomic E-state index is 11.3. The number of benzene rings is 3. The van der Waals surface area contributed by atoms with E-state index in [0.29, 0.717) is 6.42 Å². The second kappa shape index (κ2) is 17.3. The number of halogens is 1. The van der Waals surface area contributed by atoms with Crippen molar-refractivity contribution in [2.75, 3.05) is 5.75 Å². The number of hydrogen-bond acceptors (Lipinski definition) is 4. The van der Waals surface area contributed by atoms with Crippen molar-refractivity contribution in [3.8, 4) is 11.1 Å². The normalized spacial score (nSPS) is 11.1. The molecule has 198 valence electrons. The number of hydrogen-bond donors (Lipinski definition) is 1. The van der Waals surface area contributed by atoms with Crippen molar-refractivity contribution in [1.29, 1.82) is 0 Å². The highest BCUT2D eigenvalue weighted by Crippen LogP contribution is 2.22. The van der Waals surface area contributed by atoms with Crippen LogP contribution in [0.15, 0.2) is 89.8 Å². The van der Waals surface area contributed by atoms with Gasteiger partial charge in [0.05, 0.1) is 5.75 Å². The van der Waals surface area contributed by atoms with Crippen LogP contribution in [-0.2, 0) is 19.9 Å². The first-order valence-corrected chi connectivity index (χ1v) is 14.5. The van der Waals surface area contributed by atoms with E-state index in [0.717, 1.165) is 30.6 Å². The molecule has 0 aliphatic heterocycles. The summed E-state index contributed by atoms with van der Waals surface area (Å²) in [6, 6.07) is 29.1. The Morgan fingerprint density at radius 3 is 1.58 bits per heavy atom. The quantitative estimate of drug-likeness (QED) is 0.221. The molecule has 0 aromatic heterocycles. The van der Waals surface area contributed by atoms with E-state index in [4.69, 9.17) is 0 Å². The minimum Gasteiger partial charge on any atom is -0.197 e. The van der Waals surface area contributed by atoms with Crippen molar-refractivity contribution < 1.29 is 17.3 Å². The molecule has 3 aromatic carbocycles. The third-order valence-electron chi connectivity index (χ3n) is 5.46. The highest BCUT2D eigenvalue weighted by Gasteiger charge is 2.12. The van der Waals surface area contributed by atoms with E-state index in [2.05, 4.69) is 105 Å². The zero-order valence-electron chi connectivity index (χ0n) is 22.0. The van der Waals surface area contributed by atoms with Crippen molar-refractivity contribution in [1.82, 2.24) is 0 Å². The van der Waals surface area contributed by atoms with Gasteiger partial charge in [0.25, 0.3) is 10.1 Å². The monoisotopic (exact) mass is 532 g/mol. The molecule has 0 saturated heterocycles. The van der Waals surface area contributed by atoms with E-state index in [1.807, 2.05) is 24.3 Å². The van der Waals surface area contributed by atoms with Crippen molar-refractivity contribution in [2.24, 2.45) is 0 Å². The van der Waals surface area contributed by atoms with E-state index >= 15 is 0 Å². The van der Waals surface area contributed by atoms with Crippen LogP contribution in [0.2, 0.25) is 0 Å². The predicted molar refractivity (Wildman–Crippen MR) is 154 cm³/mol. The zero-order chi connectivity index (χ0) is 26.9. The fourth-order valence-corrected chi connectivity index (χ4v) is 4.08. The molecule has 0 heterocycles. The Balaban J connectivity index is 0.000000271. The lowest BCUT2D eigenvalue weighted by molar-refractivity contribution is 0.00288. The molecule has 0 atom stereocenters. The largest absolute Gasteiger partial charge is 0.297 e. The lowest BCUT2D eigenvalue weighted by Crippen LogP contribution is -2.10. The summed E-state index contributed by atoms with van der Waals surface area (Å²) in [5.41, 5.74) is 4.16. The van der Waals surface area contributed by atoms with E-state index in [1.165, 1.54) is 23.1 Å². The molecule has 0 spiro atoms. The highest BCUT2D eigenvalue weighted by atomic mass is 32.2. The summed E-state index contributed by atoms with van der Waals surface area (Å²) >= 11 is 4.23. The summed E-state index contributed by atoms with van der Waals surface area (Å²) in [7, 11) is -3.88. The standard InChI is InChI=1S/C12H10.C10H14S.C8H17FO3S/c1-3-7-11(8-4-1)12-9-5-2-6-10-12;1-10(2,3)8-4-6-9(11)7-5-8;1-2-3-4-5-6-7-8-13(10,11)12-9/h1-10H;4-7,11H,1-3H3;2-8H2,1H3. The van der Waals surface area contributed by atoms with Gasteiger partial charge >= 0.3 is 0 Å². The van der Waals surface area contributed by atoms with Gasteiger partial charge in [-0.1, -0.05) is 137 Å². The van der Waals surface area contributed by atoms with E-state index in [-0.39, 0.29) is 11.2 Å². The molecule has 0 radical (unpaired) electrons. The van der Waals surface area contributed by atoms with Crippen LogP contribution in [0.25, 0.3) is 11.1 Å². The predicted octanol–water partition coefficient (Wildman–Crippen LogP) is 9.20. The van der Waals surface area contributed by atoms with Gasteiger partial charge in [0.15, 0.2) is 0 Å². The molecule has 0 N–H and O–H groups in total. The van der Waals surface area contributed by atoms with Gasteiger partial charge in [-0.2, -0.15) is 8.42 Å². The molecule has 0 fully saturated rings. The minimum absolute atomic E-state index is 0.213. The second-order valence-electron chi connectivity index (χ2n) is 9.62. The van der Waals surface area contributed by atoms with Crippen LogP contribution in [0.5, 0.6) is 0 Å². The Bertz CT molecular complexity index is 1010. The van der Waals surface area contributed by atoms with Gasteiger partial charge in [-0.3, -0.25) is 0 Å². The molecule has 0 amide bonds. The van der Waals surface area contributed by atoms with Gasteiger partial charge in [-0.05, 0) is 45.2 Å². The van der Waals surface area contributed by atoms with Gasteiger partial charge < -0.3 is 0 Å². The molecule has 0 aliphatic rings. The smallest absolute Gasteiger partial charge is 0.197 e. The molecular weight excluding hydrogens is 491 g/mol. The SMILES string of the molecule is CC(C)(C)c1ccc(S)cc1.CCCCCCCCS(=O)(=O)OF.c1ccc(-c2ccccc2)cc1. The van der Waals surface area contributed by atoms with Crippen molar-refractivity contribution in [2.45, 2.75) is 76.5 Å². The van der Waals surface area contributed by atoms with Gasteiger partial charge in [0.1, 0.15) is 0 Å². The molecule has 0 aliphatic carbocycles. The molecule has 36 heavy (non-hydrogen) atoms. The third kappa shape index (κ3) is 14.4. The molecular formula is C30H41FO3S2. The fraction of sp³-hybridized carbons (Fsp3) is 0.400.